The molecule has 0 radical (unpaired) electrons. The maximum atomic E-state index is 12.1. The molecule has 0 aromatic heterocycles. The van der Waals surface area contributed by atoms with Gasteiger partial charge < -0.3 is 10.8 Å². The predicted molar refractivity (Wildman–Crippen MR) is 65.0 cm³/mol. The van der Waals surface area contributed by atoms with Crippen molar-refractivity contribution in [2.24, 2.45) is 0 Å². The number of hydrogen-bond acceptors (Lipinski definition) is 4. The Morgan fingerprint density at radius 2 is 2.12 bits per heavy atom. The molecule has 1 fully saturated rings. The van der Waals surface area contributed by atoms with Crippen molar-refractivity contribution in [3.05, 3.63) is 23.8 Å². The number of hydrogen-bond donors (Lipinski definition) is 2. The molecular weight excluding hydrogens is 240 g/mol. The van der Waals surface area contributed by atoms with Crippen molar-refractivity contribution in [3.63, 3.8) is 0 Å². The van der Waals surface area contributed by atoms with E-state index in [1.807, 2.05) is 6.92 Å². The van der Waals surface area contributed by atoms with Crippen LogP contribution in [0.5, 0.6) is 0 Å². The standard InChI is InChI=1S/C11H16N2O3S/c1-2-8-3-4-10(5-11(8)12)17(15,16)13-6-9(14)7-13/h3-5,9,14H,2,6-7,12H2,1H3. The number of sulfonamides is 1. The van der Waals surface area contributed by atoms with Crippen molar-refractivity contribution in [2.75, 3.05) is 18.8 Å². The van der Waals surface area contributed by atoms with Gasteiger partial charge in [-0.05, 0) is 24.1 Å². The summed E-state index contributed by atoms with van der Waals surface area (Å²) >= 11 is 0. The molecule has 2 rings (SSSR count). The third kappa shape index (κ3) is 2.15. The molecule has 1 aliphatic heterocycles. The van der Waals surface area contributed by atoms with Crippen LogP contribution in [0.3, 0.4) is 0 Å². The highest BCUT2D eigenvalue weighted by molar-refractivity contribution is 7.89. The number of anilines is 1. The number of β-amino-alcohol motifs (C(OH)–C–C–N with tert-alkyl or cyclic N) is 1. The zero-order valence-corrected chi connectivity index (χ0v) is 10.4. The van der Waals surface area contributed by atoms with Crippen molar-refractivity contribution in [3.8, 4) is 0 Å². The van der Waals surface area contributed by atoms with E-state index in [-0.39, 0.29) is 18.0 Å². The van der Waals surface area contributed by atoms with Gasteiger partial charge in [0, 0.05) is 18.8 Å². The zero-order valence-electron chi connectivity index (χ0n) is 9.63. The first kappa shape index (κ1) is 12.3. The Bertz CT molecular complexity index is 522. The minimum absolute atomic E-state index is 0.164. The lowest BCUT2D eigenvalue weighted by molar-refractivity contribution is 0.0548. The molecule has 1 aliphatic rings. The highest BCUT2D eigenvalue weighted by Gasteiger charge is 2.35. The van der Waals surface area contributed by atoms with Gasteiger partial charge in [0.2, 0.25) is 10.0 Å². The molecule has 3 N–H and O–H groups in total. The summed E-state index contributed by atoms with van der Waals surface area (Å²) in [5.74, 6) is 0. The van der Waals surface area contributed by atoms with Crippen LogP contribution in [0, 0.1) is 0 Å². The molecule has 1 heterocycles. The maximum absolute atomic E-state index is 12.1. The average Bonchev–Trinajstić information content (AvgIpc) is 2.24. The zero-order chi connectivity index (χ0) is 12.6. The smallest absolute Gasteiger partial charge is 0.243 e. The van der Waals surface area contributed by atoms with Crippen molar-refractivity contribution < 1.29 is 13.5 Å². The first-order valence-electron chi connectivity index (χ1n) is 5.51. The Hall–Kier alpha value is -1.11. The first-order chi connectivity index (χ1) is 7.95. The van der Waals surface area contributed by atoms with E-state index < -0.39 is 16.1 Å². The van der Waals surface area contributed by atoms with Gasteiger partial charge in [-0.1, -0.05) is 13.0 Å². The number of aryl methyl sites for hydroxylation is 1. The molecule has 0 spiro atoms. The van der Waals surface area contributed by atoms with Crippen LogP contribution in [0.4, 0.5) is 5.69 Å². The average molecular weight is 256 g/mol. The van der Waals surface area contributed by atoms with E-state index in [1.54, 1.807) is 12.1 Å². The fourth-order valence-corrected chi connectivity index (χ4v) is 3.37. The molecule has 1 saturated heterocycles. The summed E-state index contributed by atoms with van der Waals surface area (Å²) in [4.78, 5) is 0.194. The quantitative estimate of drug-likeness (QED) is 0.757. The summed E-state index contributed by atoms with van der Waals surface area (Å²) in [5, 5.41) is 9.13. The van der Waals surface area contributed by atoms with E-state index in [1.165, 1.54) is 10.4 Å². The Kier molecular flexibility index (Phi) is 3.11. The first-order valence-corrected chi connectivity index (χ1v) is 6.95. The molecule has 94 valence electrons. The minimum Gasteiger partial charge on any atom is -0.398 e. The van der Waals surface area contributed by atoms with Crippen molar-refractivity contribution >= 4 is 15.7 Å². The van der Waals surface area contributed by atoms with Gasteiger partial charge in [0.25, 0.3) is 0 Å². The molecule has 0 saturated carbocycles. The summed E-state index contributed by atoms with van der Waals surface area (Å²) < 4.78 is 25.4. The third-order valence-electron chi connectivity index (χ3n) is 2.96. The fraction of sp³-hybridized carbons (Fsp3) is 0.455. The molecular formula is C11H16N2O3S. The normalized spacial score (nSPS) is 18.0. The molecule has 1 aromatic carbocycles. The number of nitrogen functional groups attached to an aromatic ring is 1. The van der Waals surface area contributed by atoms with E-state index in [0.29, 0.717) is 5.69 Å². The molecule has 6 heteroatoms. The lowest BCUT2D eigenvalue weighted by atomic mass is 10.1. The highest BCUT2D eigenvalue weighted by atomic mass is 32.2. The van der Waals surface area contributed by atoms with Crippen LogP contribution in [-0.4, -0.2) is 37.0 Å². The molecule has 0 unspecified atom stereocenters. The number of nitrogens with two attached hydrogens (primary N) is 1. The van der Waals surface area contributed by atoms with Gasteiger partial charge in [0.05, 0.1) is 11.0 Å². The monoisotopic (exact) mass is 256 g/mol. The Balaban J connectivity index is 2.31. The third-order valence-corrected chi connectivity index (χ3v) is 4.79. The van der Waals surface area contributed by atoms with Crippen LogP contribution in [0.15, 0.2) is 23.1 Å². The minimum atomic E-state index is -3.49. The number of benzene rings is 1. The lowest BCUT2D eigenvalue weighted by Crippen LogP contribution is -2.53. The van der Waals surface area contributed by atoms with Gasteiger partial charge in [-0.3, -0.25) is 0 Å². The Labute approximate surface area is 101 Å². The topological polar surface area (TPSA) is 83.6 Å². The van der Waals surface area contributed by atoms with E-state index in [2.05, 4.69) is 0 Å². The Morgan fingerprint density at radius 3 is 2.59 bits per heavy atom. The van der Waals surface area contributed by atoms with Crippen LogP contribution in [0.25, 0.3) is 0 Å². The molecule has 5 nitrogen and oxygen atoms in total. The van der Waals surface area contributed by atoms with Crippen LogP contribution >= 0.6 is 0 Å². The molecule has 0 aliphatic carbocycles. The summed E-state index contributed by atoms with van der Waals surface area (Å²) in [6.45, 7) is 2.29. The SMILES string of the molecule is CCc1ccc(S(=O)(=O)N2CC(O)C2)cc1N. The van der Waals surface area contributed by atoms with Gasteiger partial charge in [-0.15, -0.1) is 0 Å². The Morgan fingerprint density at radius 1 is 1.47 bits per heavy atom. The second-order valence-electron chi connectivity index (χ2n) is 4.19. The van der Waals surface area contributed by atoms with E-state index in [9.17, 15) is 8.42 Å². The van der Waals surface area contributed by atoms with Gasteiger partial charge >= 0.3 is 0 Å². The summed E-state index contributed by atoms with van der Waals surface area (Å²) in [6.07, 6.45) is 0.228. The van der Waals surface area contributed by atoms with Crippen LogP contribution < -0.4 is 5.73 Å². The second-order valence-corrected chi connectivity index (χ2v) is 6.13. The van der Waals surface area contributed by atoms with Gasteiger partial charge in [0.1, 0.15) is 0 Å². The molecule has 0 bridgehead atoms. The number of nitrogens with zero attached hydrogens (tertiary/aromatic N) is 1. The van der Waals surface area contributed by atoms with Crippen molar-refractivity contribution in [1.82, 2.24) is 4.31 Å². The van der Waals surface area contributed by atoms with Crippen molar-refractivity contribution in [1.29, 1.82) is 0 Å². The van der Waals surface area contributed by atoms with Crippen molar-refractivity contribution in [2.45, 2.75) is 24.3 Å². The summed E-state index contributed by atoms with van der Waals surface area (Å²) in [5.41, 5.74) is 7.22. The molecule has 1 aromatic rings. The maximum Gasteiger partial charge on any atom is 0.243 e. The summed E-state index contributed by atoms with van der Waals surface area (Å²) in [7, 11) is -3.49. The van der Waals surface area contributed by atoms with E-state index in [0.717, 1.165) is 12.0 Å². The van der Waals surface area contributed by atoms with Crippen LogP contribution in [0.2, 0.25) is 0 Å². The van der Waals surface area contributed by atoms with Gasteiger partial charge in [-0.2, -0.15) is 4.31 Å². The van der Waals surface area contributed by atoms with E-state index in [4.69, 9.17) is 10.8 Å². The van der Waals surface area contributed by atoms with Crippen LogP contribution in [0.1, 0.15) is 12.5 Å². The van der Waals surface area contributed by atoms with Gasteiger partial charge in [-0.25, -0.2) is 8.42 Å². The second kappa shape index (κ2) is 4.29. The predicted octanol–water partition coefficient (Wildman–Crippen LogP) is 0.196. The molecule has 17 heavy (non-hydrogen) atoms. The number of aliphatic hydroxyl groups excluding tert-OH is 1. The van der Waals surface area contributed by atoms with E-state index >= 15 is 0 Å². The highest BCUT2D eigenvalue weighted by Crippen LogP contribution is 2.24. The summed E-state index contributed by atoms with van der Waals surface area (Å²) in [6, 6.07) is 4.78. The largest absolute Gasteiger partial charge is 0.398 e. The number of aliphatic hydroxyl groups is 1. The van der Waals surface area contributed by atoms with Crippen LogP contribution in [-0.2, 0) is 16.4 Å². The van der Waals surface area contributed by atoms with Gasteiger partial charge in [0.15, 0.2) is 0 Å². The molecule has 0 atom stereocenters. The number of rotatable bonds is 3. The lowest BCUT2D eigenvalue weighted by Gasteiger charge is -2.34. The molecule has 0 amide bonds. The fourth-order valence-electron chi connectivity index (χ4n) is 1.82.